The zero-order valence-electron chi connectivity index (χ0n) is 18.7. The van der Waals surface area contributed by atoms with Gasteiger partial charge in [0.1, 0.15) is 5.52 Å². The topological polar surface area (TPSA) is 148 Å². The fraction of sp³-hybridized carbons (Fsp3) is 0.524. The van der Waals surface area contributed by atoms with E-state index in [-0.39, 0.29) is 30.0 Å². The first-order chi connectivity index (χ1) is 16.0. The Morgan fingerprint density at radius 1 is 1.18 bits per heavy atom. The molecular weight excluding hydrogens is 444 g/mol. The van der Waals surface area contributed by atoms with Crippen LogP contribution in [-0.2, 0) is 17.9 Å². The number of hydrogen-bond donors (Lipinski definition) is 3. The van der Waals surface area contributed by atoms with Gasteiger partial charge in [0.15, 0.2) is 11.5 Å². The number of carbonyl (C=O) groups is 1. The minimum absolute atomic E-state index is 0.000554. The number of hydrogen-bond acceptors (Lipinski definition) is 9. The Balaban J connectivity index is 1.44. The molecule has 0 bridgehead atoms. The highest BCUT2D eigenvalue weighted by atomic mass is 32.1. The molecule has 0 atom stereocenters. The molecule has 1 aliphatic heterocycles. The summed E-state index contributed by atoms with van der Waals surface area (Å²) in [5, 5.41) is 0. The monoisotopic (exact) mass is 474 g/mol. The number of aromatic nitrogens is 4. The summed E-state index contributed by atoms with van der Waals surface area (Å²) in [4.78, 5) is 42.1. The Hall–Kier alpha value is -2.96. The van der Waals surface area contributed by atoms with E-state index in [1.807, 2.05) is 11.0 Å². The molecule has 0 aromatic carbocycles. The molecule has 0 spiro atoms. The predicted octanol–water partition coefficient (Wildman–Crippen LogP) is 0.593. The van der Waals surface area contributed by atoms with Crippen LogP contribution in [0.2, 0.25) is 0 Å². The van der Waals surface area contributed by atoms with Crippen molar-refractivity contribution in [2.24, 2.45) is 5.73 Å². The van der Waals surface area contributed by atoms with Crippen molar-refractivity contribution in [1.82, 2.24) is 29.3 Å². The normalized spacial score (nSPS) is 14.8. The van der Waals surface area contributed by atoms with E-state index in [1.54, 1.807) is 15.9 Å². The number of rotatable bonds is 9. The first kappa shape index (κ1) is 23.2. The number of ether oxygens (including phenoxy) is 1. The molecule has 4 heterocycles. The average Bonchev–Trinajstić information content (AvgIpc) is 3.38. The second-order valence-corrected chi connectivity index (χ2v) is 9.29. The summed E-state index contributed by atoms with van der Waals surface area (Å²) in [5.41, 5.74) is 12.1. The van der Waals surface area contributed by atoms with Gasteiger partial charge in [0.05, 0.1) is 19.7 Å². The molecule has 0 radical (unpaired) electrons. The quantitative estimate of drug-likeness (QED) is 0.382. The Morgan fingerprint density at radius 3 is 2.61 bits per heavy atom. The predicted molar refractivity (Wildman–Crippen MR) is 127 cm³/mol. The summed E-state index contributed by atoms with van der Waals surface area (Å²) in [7, 11) is 0. The minimum Gasteiger partial charge on any atom is -0.463 e. The molecule has 1 aliphatic rings. The first-order valence-electron chi connectivity index (χ1n) is 11.1. The summed E-state index contributed by atoms with van der Waals surface area (Å²) in [5.74, 6) is 0.196. The van der Waals surface area contributed by atoms with Crippen molar-refractivity contribution in [1.29, 1.82) is 0 Å². The van der Waals surface area contributed by atoms with Crippen LogP contribution in [0.15, 0.2) is 16.9 Å². The van der Waals surface area contributed by atoms with Crippen molar-refractivity contribution in [3.63, 3.8) is 0 Å². The van der Waals surface area contributed by atoms with Crippen molar-refractivity contribution in [3.05, 3.63) is 32.4 Å². The second kappa shape index (κ2) is 10.3. The highest BCUT2D eigenvalue weighted by Gasteiger charge is 2.21. The number of nitrogens with one attached hydrogen (secondary N) is 1. The number of nitrogens with two attached hydrogens (primary N) is 2. The smallest absolute Gasteiger partial charge is 0.328 e. The van der Waals surface area contributed by atoms with Gasteiger partial charge in [-0.1, -0.05) is 13.3 Å². The highest BCUT2D eigenvalue weighted by Crippen LogP contribution is 2.23. The molecule has 4 rings (SSSR count). The number of unbranched alkanes of at least 4 members (excludes halogenated alkanes) is 1. The van der Waals surface area contributed by atoms with Crippen molar-refractivity contribution >= 4 is 34.2 Å². The molecule has 1 saturated heterocycles. The number of fused-ring (bicyclic) bond motifs is 1. The fourth-order valence-corrected chi connectivity index (χ4v) is 4.85. The number of nitrogens with zero attached hydrogens (tertiary/aromatic N) is 5. The van der Waals surface area contributed by atoms with E-state index in [1.165, 1.54) is 4.88 Å². The number of piperazine rings is 1. The molecule has 0 unspecified atom stereocenters. The maximum Gasteiger partial charge on any atom is 0.328 e. The van der Waals surface area contributed by atoms with Gasteiger partial charge < -0.3 is 26.1 Å². The van der Waals surface area contributed by atoms with Gasteiger partial charge in [-0.2, -0.15) is 9.97 Å². The van der Waals surface area contributed by atoms with Crippen LogP contribution in [0.25, 0.3) is 11.2 Å². The summed E-state index contributed by atoms with van der Waals surface area (Å²) < 4.78 is 7.16. The van der Waals surface area contributed by atoms with E-state index in [0.717, 1.165) is 37.4 Å². The number of nitrogen functional groups attached to an aromatic ring is 1. The minimum atomic E-state index is -0.285. The average molecular weight is 475 g/mol. The summed E-state index contributed by atoms with van der Waals surface area (Å²) in [6, 6.07) is 4.29. The highest BCUT2D eigenvalue weighted by molar-refractivity contribution is 7.11. The largest absolute Gasteiger partial charge is 0.463 e. The summed E-state index contributed by atoms with van der Waals surface area (Å²) in [6.07, 6.45) is 1.88. The lowest BCUT2D eigenvalue weighted by atomic mass is 10.3. The molecule has 1 fully saturated rings. The SMILES string of the molecule is CCCCOc1nc(N)c2[nH]c(=O)n(Cc3ccc(CN4CCN(C(=O)CN)CC4)s3)c2n1. The van der Waals surface area contributed by atoms with E-state index in [2.05, 4.69) is 32.8 Å². The Labute approximate surface area is 195 Å². The van der Waals surface area contributed by atoms with Gasteiger partial charge in [0.2, 0.25) is 5.91 Å². The molecule has 0 aliphatic carbocycles. The number of aromatic amines is 1. The number of anilines is 1. The van der Waals surface area contributed by atoms with Gasteiger partial charge >= 0.3 is 11.7 Å². The lowest BCUT2D eigenvalue weighted by Crippen LogP contribution is -2.49. The molecule has 178 valence electrons. The zero-order valence-corrected chi connectivity index (χ0v) is 19.6. The van der Waals surface area contributed by atoms with Gasteiger partial charge in [-0.25, -0.2) is 4.79 Å². The summed E-state index contributed by atoms with van der Waals surface area (Å²) in [6.45, 7) is 6.85. The van der Waals surface area contributed by atoms with Crippen molar-refractivity contribution < 1.29 is 9.53 Å². The standard InChI is InChI=1S/C21H30N8O3S/c1-2-3-10-32-20-25-18(23)17-19(26-20)29(21(31)24-17)13-15-5-4-14(33-15)12-27-6-8-28(9-7-27)16(30)11-22/h4-5H,2-3,6-13,22H2,1H3,(H,24,31)(H2,23,25,26). The molecule has 1 amide bonds. The summed E-state index contributed by atoms with van der Waals surface area (Å²) >= 11 is 1.66. The molecule has 3 aromatic heterocycles. The Morgan fingerprint density at radius 2 is 1.91 bits per heavy atom. The molecule has 3 aromatic rings. The van der Waals surface area contributed by atoms with E-state index in [4.69, 9.17) is 16.2 Å². The molecular formula is C21H30N8O3S. The fourth-order valence-electron chi connectivity index (χ4n) is 3.80. The third kappa shape index (κ3) is 5.34. The number of carbonyl (C=O) groups excluding carboxylic acids is 1. The lowest BCUT2D eigenvalue weighted by Gasteiger charge is -2.34. The van der Waals surface area contributed by atoms with Gasteiger partial charge in [-0.15, -0.1) is 11.3 Å². The second-order valence-electron chi connectivity index (χ2n) is 8.04. The number of H-pyrrole nitrogens is 1. The van der Waals surface area contributed by atoms with Crippen molar-refractivity contribution in [2.45, 2.75) is 32.9 Å². The Kier molecular flexibility index (Phi) is 7.26. The van der Waals surface area contributed by atoms with Crippen LogP contribution in [0.1, 0.15) is 29.5 Å². The van der Waals surface area contributed by atoms with Gasteiger partial charge in [0, 0.05) is 42.5 Å². The van der Waals surface area contributed by atoms with E-state index >= 15 is 0 Å². The maximum absolute atomic E-state index is 12.6. The van der Waals surface area contributed by atoms with E-state index < -0.39 is 0 Å². The maximum atomic E-state index is 12.6. The Bertz CT molecular complexity index is 1160. The van der Waals surface area contributed by atoms with Crippen LogP contribution in [0.5, 0.6) is 6.01 Å². The molecule has 12 heteroatoms. The molecule has 5 N–H and O–H groups in total. The number of amides is 1. The van der Waals surface area contributed by atoms with Crippen LogP contribution in [0, 0.1) is 0 Å². The lowest BCUT2D eigenvalue weighted by molar-refractivity contribution is -0.131. The van der Waals surface area contributed by atoms with Crippen LogP contribution >= 0.6 is 11.3 Å². The molecule has 33 heavy (non-hydrogen) atoms. The first-order valence-corrected chi connectivity index (χ1v) is 12.0. The number of imidazole rings is 1. The van der Waals surface area contributed by atoms with Crippen LogP contribution in [0.4, 0.5) is 5.82 Å². The third-order valence-corrected chi connectivity index (χ3v) is 6.72. The van der Waals surface area contributed by atoms with Gasteiger partial charge in [-0.3, -0.25) is 14.3 Å². The van der Waals surface area contributed by atoms with Crippen LogP contribution in [0.3, 0.4) is 0 Å². The van der Waals surface area contributed by atoms with Crippen LogP contribution in [-0.4, -0.2) is 74.6 Å². The van der Waals surface area contributed by atoms with E-state index in [9.17, 15) is 9.59 Å². The van der Waals surface area contributed by atoms with Crippen molar-refractivity contribution in [3.8, 4) is 6.01 Å². The molecule has 11 nitrogen and oxygen atoms in total. The third-order valence-electron chi connectivity index (χ3n) is 5.67. The zero-order chi connectivity index (χ0) is 23.4. The molecule has 0 saturated carbocycles. The number of thiophene rings is 1. The van der Waals surface area contributed by atoms with Gasteiger partial charge in [-0.05, 0) is 18.6 Å². The van der Waals surface area contributed by atoms with Crippen LogP contribution < -0.4 is 21.9 Å². The van der Waals surface area contributed by atoms with Gasteiger partial charge in [0.25, 0.3) is 0 Å². The van der Waals surface area contributed by atoms with Crippen molar-refractivity contribution in [2.75, 3.05) is 45.1 Å². The van der Waals surface area contributed by atoms with E-state index in [0.29, 0.717) is 37.4 Å².